The topological polar surface area (TPSA) is 86.2 Å². The first kappa shape index (κ1) is 17.4. The van der Waals surface area contributed by atoms with Crippen molar-refractivity contribution in [2.45, 2.75) is 13.5 Å². The average Bonchev–Trinajstić information content (AvgIpc) is 3.19. The lowest BCUT2D eigenvalue weighted by atomic mass is 10.3. The fraction of sp³-hybridized carbons (Fsp3) is 0.111. The third-order valence-electron chi connectivity index (χ3n) is 4.01. The predicted molar refractivity (Wildman–Crippen MR) is 100 cm³/mol. The summed E-state index contributed by atoms with van der Waals surface area (Å²) in [5.74, 6) is -0.523. The van der Waals surface area contributed by atoms with Crippen molar-refractivity contribution in [3.05, 3.63) is 69.5 Å². The largest absolute Gasteiger partial charge is 0.839 e. The summed E-state index contributed by atoms with van der Waals surface area (Å²) < 4.78 is 3.51. The monoisotopic (exact) mass is 399 g/mol. The maximum atomic E-state index is 13.0. The molecule has 0 unspecified atom stereocenters. The Morgan fingerprint density at radius 3 is 2.85 bits per heavy atom. The minimum absolute atomic E-state index is 0.0172. The van der Waals surface area contributed by atoms with Crippen LogP contribution in [-0.4, -0.2) is 20.3 Å². The van der Waals surface area contributed by atoms with Crippen molar-refractivity contribution in [2.75, 3.05) is 5.32 Å². The number of amides is 1. The highest BCUT2D eigenvalue weighted by Gasteiger charge is 2.26. The molecule has 0 aliphatic carbocycles. The van der Waals surface area contributed by atoms with Gasteiger partial charge in [0.1, 0.15) is 18.2 Å². The molecule has 4 aromatic rings. The number of hydrogen-bond donors (Lipinski definition) is 1. The predicted octanol–water partition coefficient (Wildman–Crippen LogP) is 2.41. The van der Waals surface area contributed by atoms with Crippen molar-refractivity contribution in [2.24, 2.45) is 0 Å². The summed E-state index contributed by atoms with van der Waals surface area (Å²) in [4.78, 5) is 21.8. The van der Waals surface area contributed by atoms with Crippen LogP contribution in [0.25, 0.3) is 5.65 Å². The first-order valence-corrected chi connectivity index (χ1v) is 9.26. The van der Waals surface area contributed by atoms with Crippen LogP contribution < -0.4 is 15.0 Å². The smallest absolute Gasteiger partial charge is 0.300 e. The Morgan fingerprint density at radius 2 is 2.15 bits per heavy atom. The van der Waals surface area contributed by atoms with E-state index in [1.54, 1.807) is 41.2 Å². The van der Waals surface area contributed by atoms with Crippen LogP contribution in [0, 0.1) is 6.92 Å². The van der Waals surface area contributed by atoms with E-state index in [4.69, 9.17) is 11.6 Å². The van der Waals surface area contributed by atoms with Gasteiger partial charge in [0.2, 0.25) is 5.69 Å². The van der Waals surface area contributed by atoms with Gasteiger partial charge in [-0.15, -0.1) is 11.3 Å². The first-order valence-electron chi connectivity index (χ1n) is 8.07. The lowest BCUT2D eigenvalue weighted by Gasteiger charge is -2.07. The Hall–Kier alpha value is -2.97. The number of aromatic nitrogens is 4. The van der Waals surface area contributed by atoms with E-state index in [1.807, 2.05) is 19.1 Å². The van der Waals surface area contributed by atoms with E-state index in [0.717, 1.165) is 10.4 Å². The van der Waals surface area contributed by atoms with Gasteiger partial charge in [0.05, 0.1) is 11.1 Å². The number of nitrogens with zero attached hydrogens (tertiary/aromatic N) is 4. The molecule has 0 aromatic carbocycles. The van der Waals surface area contributed by atoms with Gasteiger partial charge in [-0.25, -0.2) is 14.5 Å². The molecule has 4 aromatic heterocycles. The van der Waals surface area contributed by atoms with E-state index in [1.165, 1.54) is 15.9 Å². The van der Waals surface area contributed by atoms with Crippen molar-refractivity contribution in [3.63, 3.8) is 0 Å². The standard InChI is InChI=1S/C18H14ClN5O2S/c1-11-5-6-13(20-8-11)22-16(25)15-17(26)24(10-12-9-21-18(19)27-12)14-4-2-3-7-23(14)15/h2-9H,10H2,1H3,(H-,20,22,25,26). The number of rotatable bonds is 4. The molecule has 0 radical (unpaired) electrons. The second-order valence-electron chi connectivity index (χ2n) is 5.92. The third-order valence-corrected chi connectivity index (χ3v) is 5.11. The van der Waals surface area contributed by atoms with Gasteiger partial charge in [-0.3, -0.25) is 4.79 Å². The maximum absolute atomic E-state index is 13.0. The van der Waals surface area contributed by atoms with Crippen LogP contribution in [-0.2, 0) is 6.54 Å². The molecule has 0 aliphatic heterocycles. The summed E-state index contributed by atoms with van der Waals surface area (Å²) >= 11 is 7.18. The second-order valence-corrected chi connectivity index (χ2v) is 7.62. The van der Waals surface area contributed by atoms with Crippen LogP contribution in [0.5, 0.6) is 5.88 Å². The summed E-state index contributed by atoms with van der Waals surface area (Å²) in [7, 11) is 0. The van der Waals surface area contributed by atoms with Crippen LogP contribution in [0.3, 0.4) is 0 Å². The molecule has 0 saturated heterocycles. The molecule has 0 saturated carbocycles. The van der Waals surface area contributed by atoms with Crippen LogP contribution in [0.1, 0.15) is 20.9 Å². The molecule has 4 heterocycles. The highest BCUT2D eigenvalue weighted by molar-refractivity contribution is 7.15. The molecule has 1 amide bonds. The van der Waals surface area contributed by atoms with Gasteiger partial charge >= 0.3 is 0 Å². The number of fused-ring (bicyclic) bond motifs is 1. The van der Waals surface area contributed by atoms with Crippen LogP contribution >= 0.6 is 22.9 Å². The zero-order chi connectivity index (χ0) is 19.0. The van der Waals surface area contributed by atoms with Crippen LogP contribution in [0.15, 0.2) is 48.9 Å². The van der Waals surface area contributed by atoms with Gasteiger partial charge < -0.3 is 10.4 Å². The molecule has 136 valence electrons. The number of imidazole rings is 1. The summed E-state index contributed by atoms with van der Waals surface area (Å²) in [6.07, 6.45) is 4.96. The van der Waals surface area contributed by atoms with Gasteiger partial charge in [0.25, 0.3) is 11.6 Å². The molecular weight excluding hydrogens is 386 g/mol. The molecule has 0 spiro atoms. The van der Waals surface area contributed by atoms with Crippen molar-refractivity contribution in [1.29, 1.82) is 0 Å². The van der Waals surface area contributed by atoms with E-state index >= 15 is 0 Å². The van der Waals surface area contributed by atoms with Crippen LogP contribution in [0.2, 0.25) is 4.47 Å². The highest BCUT2D eigenvalue weighted by Crippen LogP contribution is 2.21. The number of nitrogens with one attached hydrogen (secondary N) is 1. The molecular formula is C18H14ClN5O2S. The van der Waals surface area contributed by atoms with Crippen molar-refractivity contribution in [1.82, 2.24) is 14.4 Å². The number of carbonyl (C=O) groups is 1. The van der Waals surface area contributed by atoms with Gasteiger partial charge in [-0.2, -0.15) is 4.40 Å². The van der Waals surface area contributed by atoms with E-state index in [9.17, 15) is 9.90 Å². The number of thiazole rings is 1. The minimum Gasteiger partial charge on any atom is -0.839 e. The molecule has 4 rings (SSSR count). The SMILES string of the molecule is Cc1ccc(NC(=O)c2c([O-])[n+](Cc3cnc(Cl)s3)c3ccccn23)nc1. The summed E-state index contributed by atoms with van der Waals surface area (Å²) in [6, 6.07) is 8.89. The Kier molecular flexibility index (Phi) is 4.51. The van der Waals surface area contributed by atoms with Crippen molar-refractivity contribution < 1.29 is 14.5 Å². The normalized spacial score (nSPS) is 11.0. The molecule has 0 atom stereocenters. The van der Waals surface area contributed by atoms with Crippen molar-refractivity contribution >= 4 is 40.3 Å². The fourth-order valence-corrected chi connectivity index (χ4v) is 3.73. The van der Waals surface area contributed by atoms with Crippen LogP contribution in [0.4, 0.5) is 5.82 Å². The van der Waals surface area contributed by atoms with E-state index in [-0.39, 0.29) is 12.2 Å². The van der Waals surface area contributed by atoms with E-state index in [2.05, 4.69) is 15.3 Å². The Morgan fingerprint density at radius 1 is 1.30 bits per heavy atom. The molecule has 0 bridgehead atoms. The molecule has 9 heteroatoms. The highest BCUT2D eigenvalue weighted by atomic mass is 35.5. The Balaban J connectivity index is 1.75. The number of aryl methyl sites for hydroxylation is 1. The van der Waals surface area contributed by atoms with Crippen molar-refractivity contribution in [3.8, 4) is 5.88 Å². The molecule has 0 fully saturated rings. The second kappa shape index (κ2) is 6.98. The summed E-state index contributed by atoms with van der Waals surface area (Å²) in [6.45, 7) is 2.19. The van der Waals surface area contributed by atoms with Gasteiger partial charge in [-0.05, 0) is 24.6 Å². The molecule has 0 aliphatic rings. The fourth-order valence-electron chi connectivity index (χ4n) is 2.77. The Labute approximate surface area is 163 Å². The lowest BCUT2D eigenvalue weighted by molar-refractivity contribution is -0.704. The first-order chi connectivity index (χ1) is 13.0. The zero-order valence-corrected chi connectivity index (χ0v) is 15.8. The average molecular weight is 400 g/mol. The number of hydrogen-bond acceptors (Lipinski definition) is 5. The van der Waals surface area contributed by atoms with E-state index in [0.29, 0.717) is 15.9 Å². The molecule has 7 nitrogen and oxygen atoms in total. The zero-order valence-electron chi connectivity index (χ0n) is 14.2. The van der Waals surface area contributed by atoms with Gasteiger partial charge in [0.15, 0.2) is 4.47 Å². The number of anilines is 1. The number of pyridine rings is 2. The number of carbonyl (C=O) groups excluding carboxylic acids is 1. The minimum atomic E-state index is -0.515. The third kappa shape index (κ3) is 3.36. The Bertz CT molecular complexity index is 1140. The van der Waals surface area contributed by atoms with E-state index < -0.39 is 11.8 Å². The van der Waals surface area contributed by atoms with Gasteiger partial charge in [0, 0.05) is 18.5 Å². The van der Waals surface area contributed by atoms with Gasteiger partial charge in [-0.1, -0.05) is 23.7 Å². The quantitative estimate of drug-likeness (QED) is 0.534. The maximum Gasteiger partial charge on any atom is 0.300 e. The lowest BCUT2D eigenvalue weighted by Crippen LogP contribution is -2.36. The molecule has 1 N–H and O–H groups in total. The number of halogens is 1. The summed E-state index contributed by atoms with van der Waals surface area (Å²) in [5, 5.41) is 15.7. The summed E-state index contributed by atoms with van der Waals surface area (Å²) in [5.41, 5.74) is 1.60. The molecule has 27 heavy (non-hydrogen) atoms.